The molecule has 6 aromatic carbocycles. The molecule has 3 aliphatic carbocycles. The number of allylic oxidation sites excluding steroid dienone is 9. The number of nitrogens with zero attached hydrogens (tertiary/aromatic N) is 3. The molecule has 3 nitrogen and oxygen atoms in total. The lowest BCUT2D eigenvalue weighted by molar-refractivity contribution is 0.655. The van der Waals surface area contributed by atoms with E-state index in [0.29, 0.717) is 11.5 Å². The van der Waals surface area contributed by atoms with Gasteiger partial charge in [-0.15, -0.1) is 0 Å². The van der Waals surface area contributed by atoms with E-state index in [-0.39, 0.29) is 5.41 Å². The third kappa shape index (κ3) is 8.15. The second kappa shape index (κ2) is 18.7. The SMILES string of the molecule is C=CC1=C(/C=C\C)c2ccc(-c3cccc(-c4cccc5c(CC)c(CCCc6ccccc6)n(C(C)=NC(=NC(=C)c6ccc7c(c6)CC6=C7C=CCC6)c6ccccc6)c45)c3)cc2C1(C)C. The largest absolute Gasteiger partial charge is 0.301 e. The molecule has 0 bridgehead atoms. The summed E-state index contributed by atoms with van der Waals surface area (Å²) in [4.78, 5) is 10.9. The molecule has 10 rings (SSSR count). The van der Waals surface area contributed by atoms with Crippen molar-refractivity contribution in [3.8, 4) is 22.3 Å². The van der Waals surface area contributed by atoms with Crippen molar-refractivity contribution in [1.29, 1.82) is 0 Å². The van der Waals surface area contributed by atoms with Crippen LogP contribution in [0.25, 0.3) is 50.0 Å². The Kier molecular flexibility index (Phi) is 12.3. The third-order valence-electron chi connectivity index (χ3n) is 14.5. The van der Waals surface area contributed by atoms with E-state index in [9.17, 15) is 0 Å². The van der Waals surface area contributed by atoms with Gasteiger partial charge in [-0.2, -0.15) is 0 Å². The van der Waals surface area contributed by atoms with Crippen LogP contribution in [0.1, 0.15) is 104 Å². The summed E-state index contributed by atoms with van der Waals surface area (Å²) in [5.41, 5.74) is 23.3. The smallest absolute Gasteiger partial charge is 0.161 e. The van der Waals surface area contributed by atoms with Gasteiger partial charge in [0.25, 0.3) is 0 Å². The van der Waals surface area contributed by atoms with Gasteiger partial charge in [0.2, 0.25) is 0 Å². The monoisotopic (exact) mass is 883 g/mol. The molecule has 0 unspecified atom stereocenters. The molecule has 3 heteroatoms. The van der Waals surface area contributed by atoms with Gasteiger partial charge in [0.1, 0.15) is 5.84 Å². The van der Waals surface area contributed by atoms with Gasteiger partial charge in [0, 0.05) is 27.6 Å². The minimum Gasteiger partial charge on any atom is -0.301 e. The summed E-state index contributed by atoms with van der Waals surface area (Å²) in [5.74, 6) is 1.53. The number of para-hydroxylation sites is 1. The summed E-state index contributed by atoms with van der Waals surface area (Å²) in [6.07, 6.45) is 18.1. The molecule has 0 saturated heterocycles. The number of hydrogen-bond donors (Lipinski definition) is 0. The highest BCUT2D eigenvalue weighted by atomic mass is 15.1. The highest BCUT2D eigenvalue weighted by molar-refractivity contribution is 6.12. The van der Waals surface area contributed by atoms with Crippen LogP contribution in [-0.4, -0.2) is 16.2 Å². The number of aryl methyl sites for hydroxylation is 2. The minimum atomic E-state index is -0.152. The quantitative estimate of drug-likeness (QED) is 0.0864. The van der Waals surface area contributed by atoms with Gasteiger partial charge < -0.3 is 4.57 Å². The number of aromatic nitrogens is 1. The number of hydrogen-bond acceptors (Lipinski definition) is 1. The van der Waals surface area contributed by atoms with Crippen LogP contribution < -0.4 is 0 Å². The average Bonchev–Trinajstić information content (AvgIpc) is 3.98. The Morgan fingerprint density at radius 2 is 1.50 bits per heavy atom. The van der Waals surface area contributed by atoms with Crippen molar-refractivity contribution in [3.05, 3.63) is 244 Å². The van der Waals surface area contributed by atoms with E-state index in [2.05, 4.69) is 216 Å². The van der Waals surface area contributed by atoms with Crippen molar-refractivity contribution in [2.75, 3.05) is 0 Å². The highest BCUT2D eigenvalue weighted by Gasteiger charge is 2.35. The van der Waals surface area contributed by atoms with Gasteiger partial charge in [-0.05, 0) is 149 Å². The fourth-order valence-corrected chi connectivity index (χ4v) is 11.2. The molecule has 0 fully saturated rings. The van der Waals surface area contributed by atoms with Crippen LogP contribution >= 0.6 is 0 Å². The van der Waals surface area contributed by atoms with Gasteiger partial charge in [-0.25, -0.2) is 9.98 Å². The lowest BCUT2D eigenvalue weighted by Crippen LogP contribution is -2.16. The van der Waals surface area contributed by atoms with Gasteiger partial charge in [0.15, 0.2) is 5.84 Å². The van der Waals surface area contributed by atoms with E-state index in [4.69, 9.17) is 9.98 Å². The number of amidine groups is 1. The molecule has 0 atom stereocenters. The van der Waals surface area contributed by atoms with Crippen molar-refractivity contribution >= 4 is 39.4 Å². The first-order chi connectivity index (χ1) is 33.2. The van der Waals surface area contributed by atoms with Crippen LogP contribution in [0.3, 0.4) is 0 Å². The zero-order valence-corrected chi connectivity index (χ0v) is 40.4. The Morgan fingerprint density at radius 3 is 2.28 bits per heavy atom. The first-order valence-corrected chi connectivity index (χ1v) is 24.5. The topological polar surface area (TPSA) is 29.6 Å². The summed E-state index contributed by atoms with van der Waals surface area (Å²) in [5, 5.41) is 1.27. The van der Waals surface area contributed by atoms with Gasteiger partial charge >= 0.3 is 0 Å². The molecule has 1 aromatic heterocycles. The van der Waals surface area contributed by atoms with Crippen LogP contribution in [0, 0.1) is 0 Å². The molecule has 0 aliphatic heterocycles. The van der Waals surface area contributed by atoms with Crippen molar-refractivity contribution in [1.82, 2.24) is 4.57 Å². The lowest BCUT2D eigenvalue weighted by Gasteiger charge is -2.23. The predicted molar refractivity (Wildman–Crippen MR) is 292 cm³/mol. The van der Waals surface area contributed by atoms with Crippen molar-refractivity contribution in [2.24, 2.45) is 9.98 Å². The second-order valence-corrected chi connectivity index (χ2v) is 19.1. The summed E-state index contributed by atoms with van der Waals surface area (Å²) < 4.78 is 2.46. The highest BCUT2D eigenvalue weighted by Crippen LogP contribution is 2.49. The Hall–Kier alpha value is -7.36. The van der Waals surface area contributed by atoms with E-state index >= 15 is 0 Å². The molecule has 0 saturated carbocycles. The summed E-state index contributed by atoms with van der Waals surface area (Å²) in [6.45, 7) is 20.0. The molecular formula is C65H61N3. The van der Waals surface area contributed by atoms with Gasteiger partial charge in [-0.1, -0.05) is 191 Å². The summed E-state index contributed by atoms with van der Waals surface area (Å²) in [7, 11) is 0. The zero-order chi connectivity index (χ0) is 46.9. The normalized spacial score (nSPS) is 15.4. The number of aliphatic imine (C=N–C) groups is 2. The molecule has 3 aliphatic rings. The predicted octanol–water partition coefficient (Wildman–Crippen LogP) is 16.6. The Morgan fingerprint density at radius 1 is 0.750 bits per heavy atom. The Labute approximate surface area is 403 Å². The van der Waals surface area contributed by atoms with Gasteiger partial charge in [0.05, 0.1) is 11.2 Å². The van der Waals surface area contributed by atoms with Gasteiger partial charge in [-0.3, -0.25) is 0 Å². The number of benzene rings is 6. The Bertz CT molecular complexity index is 3320. The van der Waals surface area contributed by atoms with Crippen LogP contribution in [0.15, 0.2) is 204 Å². The third-order valence-corrected chi connectivity index (χ3v) is 14.5. The van der Waals surface area contributed by atoms with Crippen molar-refractivity contribution < 1.29 is 0 Å². The molecule has 0 spiro atoms. The maximum atomic E-state index is 5.55. The van der Waals surface area contributed by atoms with Crippen molar-refractivity contribution in [2.45, 2.75) is 85.0 Å². The van der Waals surface area contributed by atoms with Crippen LogP contribution in [0.5, 0.6) is 0 Å². The first kappa shape index (κ1) is 44.5. The van der Waals surface area contributed by atoms with Crippen molar-refractivity contribution in [3.63, 3.8) is 0 Å². The fourth-order valence-electron chi connectivity index (χ4n) is 11.2. The molecule has 1 heterocycles. The van der Waals surface area contributed by atoms with E-state index in [1.807, 2.05) is 6.08 Å². The number of rotatable bonds is 12. The summed E-state index contributed by atoms with van der Waals surface area (Å²) in [6, 6.07) is 50.9. The van der Waals surface area contributed by atoms with Crippen LogP contribution in [0.4, 0.5) is 0 Å². The van der Waals surface area contributed by atoms with E-state index in [1.165, 1.54) is 89.0 Å². The standard InChI is InChI=1S/C65H61N3/c1-8-22-57-58-38-36-49(42-61(58)65(6,7)60(57)10-3)48-29-20-30-51(40-48)56-32-21-33-59-53(9-2)62(34-19-25-45-23-13-11-14-24-45)68(63(56)59)44(5)67-64(46-26-15-12-16-27-46)66-43(4)47-35-37-55-52(39-47)41-50-28-17-18-31-54(50)55/h8,10-16,18,20-24,26-27,29-33,35-40,42H,3-4,9,17,19,25,28,34,41H2,1-2,5-7H3/b22-8-,66-64?,67-44?. The molecule has 68 heavy (non-hydrogen) atoms. The molecule has 0 N–H and O–H groups in total. The maximum Gasteiger partial charge on any atom is 0.161 e. The number of fused-ring (bicyclic) bond motifs is 4. The van der Waals surface area contributed by atoms with E-state index in [0.717, 1.165) is 61.9 Å². The fraction of sp³-hybridized carbons (Fsp3) is 0.200. The average molecular weight is 884 g/mol. The molecular weight excluding hydrogens is 823 g/mol. The lowest BCUT2D eigenvalue weighted by atomic mass is 9.80. The van der Waals surface area contributed by atoms with E-state index < -0.39 is 0 Å². The Balaban J connectivity index is 1.10. The molecule has 0 amide bonds. The first-order valence-electron chi connectivity index (χ1n) is 24.5. The minimum absolute atomic E-state index is 0.152. The summed E-state index contributed by atoms with van der Waals surface area (Å²) >= 11 is 0. The molecule has 7 aromatic rings. The van der Waals surface area contributed by atoms with Crippen LogP contribution in [-0.2, 0) is 31.1 Å². The molecule has 336 valence electrons. The van der Waals surface area contributed by atoms with Crippen LogP contribution in [0.2, 0.25) is 0 Å². The maximum absolute atomic E-state index is 5.55. The van der Waals surface area contributed by atoms with E-state index in [1.54, 1.807) is 5.57 Å². The molecule has 0 radical (unpaired) electrons. The second-order valence-electron chi connectivity index (χ2n) is 19.1. The zero-order valence-electron chi connectivity index (χ0n) is 40.4.